The molecule has 1 rings (SSSR count). The molecule has 1 aliphatic heterocycles. The molecule has 1 unspecified atom stereocenters. The Balaban J connectivity index is 2.39. The summed E-state index contributed by atoms with van der Waals surface area (Å²) in [4.78, 5) is 2.27. The van der Waals surface area contributed by atoms with Gasteiger partial charge in [0, 0.05) is 11.9 Å². The van der Waals surface area contributed by atoms with E-state index in [1.165, 1.54) is 0 Å². The van der Waals surface area contributed by atoms with Gasteiger partial charge in [-0.2, -0.15) is 0 Å². The van der Waals surface area contributed by atoms with E-state index in [2.05, 4.69) is 11.8 Å². The van der Waals surface area contributed by atoms with Gasteiger partial charge in [0.05, 0.1) is 11.5 Å². The van der Waals surface area contributed by atoms with Crippen LogP contribution in [0.2, 0.25) is 0 Å². The lowest BCUT2D eigenvalue weighted by Gasteiger charge is -2.26. The van der Waals surface area contributed by atoms with Crippen molar-refractivity contribution < 1.29 is 8.42 Å². The second-order valence-electron chi connectivity index (χ2n) is 4.08. The summed E-state index contributed by atoms with van der Waals surface area (Å²) in [5.74, 6) is 1.41. The van der Waals surface area contributed by atoms with Gasteiger partial charge in [-0.25, -0.2) is 8.42 Å². The maximum absolute atomic E-state index is 11.3. The zero-order valence-electron chi connectivity index (χ0n) is 9.28. The van der Waals surface area contributed by atoms with Crippen molar-refractivity contribution in [3.63, 3.8) is 0 Å². The molecular weight excluding hydrogens is 234 g/mol. The highest BCUT2D eigenvalue weighted by atomic mass is 35.5. The number of rotatable bonds is 6. The van der Waals surface area contributed by atoms with Crippen LogP contribution >= 0.6 is 11.6 Å². The van der Waals surface area contributed by atoms with Crippen LogP contribution in [-0.2, 0) is 9.84 Å². The number of unbranched alkanes of at least 4 members (excludes halogenated alkanes) is 1. The van der Waals surface area contributed by atoms with Crippen LogP contribution in [0.4, 0.5) is 0 Å². The van der Waals surface area contributed by atoms with Crippen LogP contribution < -0.4 is 0 Å². The van der Waals surface area contributed by atoms with Crippen molar-refractivity contribution in [3.8, 4) is 0 Å². The molecule has 3 nitrogen and oxygen atoms in total. The van der Waals surface area contributed by atoms with Crippen LogP contribution in [0.3, 0.4) is 0 Å². The summed E-state index contributed by atoms with van der Waals surface area (Å²) >= 11 is 5.62. The molecule has 1 aliphatic rings. The standard InChI is InChI=1S/C10H20ClNO2S/c1-2-12(7-4-3-6-11)10-5-8-15(13,14)9-10/h10H,2-9H2,1H3. The van der Waals surface area contributed by atoms with Gasteiger partial charge < -0.3 is 0 Å². The number of nitrogens with zero attached hydrogens (tertiary/aromatic N) is 1. The lowest BCUT2D eigenvalue weighted by molar-refractivity contribution is 0.220. The largest absolute Gasteiger partial charge is 0.300 e. The van der Waals surface area contributed by atoms with Crippen LogP contribution in [0.5, 0.6) is 0 Å². The molecule has 0 spiro atoms. The van der Waals surface area contributed by atoms with E-state index >= 15 is 0 Å². The average Bonchev–Trinajstić information content (AvgIpc) is 2.54. The molecule has 5 heteroatoms. The Morgan fingerprint density at radius 3 is 2.60 bits per heavy atom. The smallest absolute Gasteiger partial charge is 0.151 e. The highest BCUT2D eigenvalue weighted by molar-refractivity contribution is 7.91. The SMILES string of the molecule is CCN(CCCCCl)C1CCS(=O)(=O)C1. The molecule has 0 N–H and O–H groups in total. The van der Waals surface area contributed by atoms with Gasteiger partial charge in [0.25, 0.3) is 0 Å². The van der Waals surface area contributed by atoms with Gasteiger partial charge >= 0.3 is 0 Å². The third-order valence-electron chi connectivity index (χ3n) is 2.96. The molecule has 0 saturated carbocycles. The summed E-state index contributed by atoms with van der Waals surface area (Å²) in [6.45, 7) is 4.00. The Labute approximate surface area is 97.7 Å². The molecule has 1 atom stereocenters. The van der Waals surface area contributed by atoms with Crippen molar-refractivity contribution in [1.82, 2.24) is 4.90 Å². The predicted molar refractivity (Wildman–Crippen MR) is 64.3 cm³/mol. The number of sulfone groups is 1. The molecular formula is C10H20ClNO2S. The Hall–Kier alpha value is 0.200. The fourth-order valence-electron chi connectivity index (χ4n) is 2.07. The van der Waals surface area contributed by atoms with Crippen molar-refractivity contribution in [2.75, 3.05) is 30.5 Å². The van der Waals surface area contributed by atoms with Crippen molar-refractivity contribution in [2.45, 2.75) is 32.2 Å². The molecule has 15 heavy (non-hydrogen) atoms. The van der Waals surface area contributed by atoms with E-state index in [4.69, 9.17) is 11.6 Å². The molecule has 0 aromatic rings. The summed E-state index contributed by atoms with van der Waals surface area (Å²) in [6.07, 6.45) is 2.88. The van der Waals surface area contributed by atoms with Crippen LogP contribution in [0.1, 0.15) is 26.2 Å². The minimum atomic E-state index is -2.75. The molecule has 90 valence electrons. The van der Waals surface area contributed by atoms with Gasteiger partial charge in [0.1, 0.15) is 0 Å². The number of hydrogen-bond acceptors (Lipinski definition) is 3. The van der Waals surface area contributed by atoms with E-state index in [-0.39, 0.29) is 6.04 Å². The molecule has 0 aromatic heterocycles. The first kappa shape index (κ1) is 13.3. The topological polar surface area (TPSA) is 37.4 Å². The average molecular weight is 254 g/mol. The van der Waals surface area contributed by atoms with Crippen LogP contribution in [-0.4, -0.2) is 49.8 Å². The molecule has 0 bridgehead atoms. The van der Waals surface area contributed by atoms with Gasteiger partial charge in [-0.05, 0) is 32.4 Å². The quantitative estimate of drug-likeness (QED) is 0.532. The van der Waals surface area contributed by atoms with Crippen LogP contribution in [0.15, 0.2) is 0 Å². The highest BCUT2D eigenvalue weighted by Gasteiger charge is 2.31. The van der Waals surface area contributed by atoms with Gasteiger partial charge in [0.15, 0.2) is 9.84 Å². The van der Waals surface area contributed by atoms with E-state index in [1.807, 2.05) is 0 Å². The van der Waals surface area contributed by atoms with E-state index in [0.717, 1.165) is 32.4 Å². The second-order valence-corrected chi connectivity index (χ2v) is 6.69. The minimum Gasteiger partial charge on any atom is -0.300 e. The molecule has 1 saturated heterocycles. The van der Waals surface area contributed by atoms with Gasteiger partial charge in [0.2, 0.25) is 0 Å². The Kier molecular flexibility index (Phi) is 5.36. The van der Waals surface area contributed by atoms with Crippen molar-refractivity contribution in [2.24, 2.45) is 0 Å². The maximum Gasteiger partial charge on any atom is 0.151 e. The minimum absolute atomic E-state index is 0.246. The van der Waals surface area contributed by atoms with E-state index in [9.17, 15) is 8.42 Å². The van der Waals surface area contributed by atoms with E-state index < -0.39 is 9.84 Å². The third-order valence-corrected chi connectivity index (χ3v) is 4.98. The molecule has 0 aliphatic carbocycles. The lowest BCUT2D eigenvalue weighted by atomic mass is 10.2. The van der Waals surface area contributed by atoms with Gasteiger partial charge in [-0.1, -0.05) is 6.92 Å². The van der Waals surface area contributed by atoms with Gasteiger partial charge in [-0.3, -0.25) is 4.90 Å². The Morgan fingerprint density at radius 2 is 2.13 bits per heavy atom. The van der Waals surface area contributed by atoms with Crippen LogP contribution in [0, 0.1) is 0 Å². The first-order valence-electron chi connectivity index (χ1n) is 5.59. The summed E-state index contributed by atoms with van der Waals surface area (Å²) < 4.78 is 22.7. The summed E-state index contributed by atoms with van der Waals surface area (Å²) in [6, 6.07) is 0.246. The number of halogens is 1. The molecule has 1 heterocycles. The maximum atomic E-state index is 11.3. The van der Waals surface area contributed by atoms with E-state index in [0.29, 0.717) is 17.4 Å². The molecule has 0 amide bonds. The first-order chi connectivity index (χ1) is 7.09. The molecule has 1 fully saturated rings. The number of hydrogen-bond donors (Lipinski definition) is 0. The first-order valence-corrected chi connectivity index (χ1v) is 7.95. The Morgan fingerprint density at radius 1 is 1.40 bits per heavy atom. The summed E-state index contributed by atoms with van der Waals surface area (Å²) in [5.41, 5.74) is 0. The summed E-state index contributed by atoms with van der Waals surface area (Å²) in [7, 11) is -2.75. The Bertz CT molecular complexity index is 279. The van der Waals surface area contributed by atoms with Crippen molar-refractivity contribution in [3.05, 3.63) is 0 Å². The lowest BCUT2D eigenvalue weighted by Crippen LogP contribution is -2.36. The predicted octanol–water partition coefficient (Wildman–Crippen LogP) is 1.51. The van der Waals surface area contributed by atoms with Crippen molar-refractivity contribution in [1.29, 1.82) is 0 Å². The highest BCUT2D eigenvalue weighted by Crippen LogP contribution is 2.17. The molecule has 0 radical (unpaired) electrons. The van der Waals surface area contributed by atoms with Crippen molar-refractivity contribution >= 4 is 21.4 Å². The monoisotopic (exact) mass is 253 g/mol. The summed E-state index contributed by atoms with van der Waals surface area (Å²) in [5, 5.41) is 0. The third kappa shape index (κ3) is 4.29. The number of alkyl halides is 1. The normalized spacial score (nSPS) is 24.9. The second kappa shape index (κ2) is 6.06. The van der Waals surface area contributed by atoms with E-state index in [1.54, 1.807) is 0 Å². The fourth-order valence-corrected chi connectivity index (χ4v) is 4.02. The zero-order valence-corrected chi connectivity index (χ0v) is 10.9. The zero-order chi connectivity index (χ0) is 11.3. The van der Waals surface area contributed by atoms with Crippen LogP contribution in [0.25, 0.3) is 0 Å². The molecule has 0 aromatic carbocycles. The fraction of sp³-hybridized carbons (Fsp3) is 1.00. The van der Waals surface area contributed by atoms with Gasteiger partial charge in [-0.15, -0.1) is 11.6 Å².